The molecule has 3 aromatic heterocycles. The Morgan fingerprint density at radius 1 is 1.10 bits per heavy atom. The molecule has 1 aromatic carbocycles. The second-order valence-electron chi connectivity index (χ2n) is 4.67. The molecule has 0 aliphatic rings. The van der Waals surface area contributed by atoms with Gasteiger partial charge in [0.1, 0.15) is 11.5 Å². The van der Waals surface area contributed by atoms with E-state index in [4.69, 9.17) is 0 Å². The summed E-state index contributed by atoms with van der Waals surface area (Å²) in [5, 5.41) is 0.972. The van der Waals surface area contributed by atoms with Crippen LogP contribution < -0.4 is 0 Å². The fraction of sp³-hybridized carbons (Fsp3) is 0. The number of hydrogen-bond acceptors (Lipinski definition) is 3. The van der Waals surface area contributed by atoms with Gasteiger partial charge in [0.15, 0.2) is 0 Å². The van der Waals surface area contributed by atoms with Crippen LogP contribution in [0.3, 0.4) is 0 Å². The van der Waals surface area contributed by atoms with Gasteiger partial charge in [0.05, 0.1) is 10.4 Å². The van der Waals surface area contributed by atoms with Crippen LogP contribution in [0, 0.1) is 5.82 Å². The molecule has 0 saturated heterocycles. The van der Waals surface area contributed by atoms with Crippen molar-refractivity contribution in [3.05, 3.63) is 60.3 Å². The molecule has 0 radical (unpaired) electrons. The lowest BCUT2D eigenvalue weighted by Gasteiger charge is -2.03. The lowest BCUT2D eigenvalue weighted by molar-refractivity contribution is 0.631. The van der Waals surface area contributed by atoms with Crippen molar-refractivity contribution in [1.82, 2.24) is 15.0 Å². The van der Waals surface area contributed by atoms with Gasteiger partial charge < -0.3 is 4.98 Å². The number of fused-ring (bicyclic) bond motifs is 1. The Hall–Kier alpha value is -2.53. The molecule has 0 spiro atoms. The van der Waals surface area contributed by atoms with Crippen LogP contribution in [0.4, 0.5) is 4.39 Å². The molecule has 21 heavy (non-hydrogen) atoms. The van der Waals surface area contributed by atoms with Crippen molar-refractivity contribution in [1.29, 1.82) is 0 Å². The number of rotatable bonds is 2. The largest absolute Gasteiger partial charge is 0.345 e. The number of pyridine rings is 1. The zero-order chi connectivity index (χ0) is 14.2. The van der Waals surface area contributed by atoms with Crippen LogP contribution in [0.25, 0.3) is 32.6 Å². The summed E-state index contributed by atoms with van der Waals surface area (Å²) < 4.78 is 13.9. The van der Waals surface area contributed by atoms with Gasteiger partial charge >= 0.3 is 0 Å². The molecule has 0 amide bonds. The lowest BCUT2D eigenvalue weighted by Crippen LogP contribution is -1.85. The minimum Gasteiger partial charge on any atom is -0.345 e. The lowest BCUT2D eigenvalue weighted by atomic mass is 10.0. The van der Waals surface area contributed by atoms with Gasteiger partial charge in [0, 0.05) is 40.7 Å². The molecular weight excluding hydrogens is 285 g/mol. The van der Waals surface area contributed by atoms with E-state index >= 15 is 0 Å². The minimum absolute atomic E-state index is 0.242. The topological polar surface area (TPSA) is 41.6 Å². The van der Waals surface area contributed by atoms with E-state index in [9.17, 15) is 4.39 Å². The van der Waals surface area contributed by atoms with E-state index in [1.165, 1.54) is 6.07 Å². The Kier molecular flexibility index (Phi) is 2.79. The van der Waals surface area contributed by atoms with E-state index < -0.39 is 0 Å². The summed E-state index contributed by atoms with van der Waals surface area (Å²) in [5.74, 6) is -0.242. The number of nitrogens with zero attached hydrogens (tertiary/aromatic N) is 2. The molecule has 102 valence electrons. The Balaban J connectivity index is 1.94. The summed E-state index contributed by atoms with van der Waals surface area (Å²) in [6, 6.07) is 8.69. The van der Waals surface area contributed by atoms with Gasteiger partial charge in [0.25, 0.3) is 0 Å². The highest BCUT2D eigenvalue weighted by molar-refractivity contribution is 7.13. The molecular formula is C16H10FN3S. The van der Waals surface area contributed by atoms with Gasteiger partial charge in [-0.25, -0.2) is 9.37 Å². The third kappa shape index (κ3) is 2.02. The molecule has 3 nitrogen and oxygen atoms in total. The second kappa shape index (κ2) is 4.79. The van der Waals surface area contributed by atoms with Crippen molar-refractivity contribution in [3.8, 4) is 21.6 Å². The molecule has 0 saturated carbocycles. The number of halogens is 1. The number of thiazole rings is 1. The molecule has 5 heteroatoms. The average molecular weight is 295 g/mol. The number of benzene rings is 1. The smallest absolute Gasteiger partial charge is 0.137 e. The maximum absolute atomic E-state index is 13.9. The van der Waals surface area contributed by atoms with Crippen molar-refractivity contribution in [2.45, 2.75) is 0 Å². The van der Waals surface area contributed by atoms with Crippen molar-refractivity contribution in [2.24, 2.45) is 0 Å². The maximum Gasteiger partial charge on any atom is 0.137 e. The van der Waals surface area contributed by atoms with Gasteiger partial charge in [-0.2, -0.15) is 0 Å². The summed E-state index contributed by atoms with van der Waals surface area (Å²) >= 11 is 1.57. The molecule has 0 bridgehead atoms. The van der Waals surface area contributed by atoms with Gasteiger partial charge in [-0.3, -0.25) is 4.98 Å². The predicted octanol–water partition coefficient (Wildman–Crippen LogP) is 4.49. The Morgan fingerprint density at radius 2 is 2.00 bits per heavy atom. The Morgan fingerprint density at radius 3 is 2.81 bits per heavy atom. The van der Waals surface area contributed by atoms with Crippen LogP contribution in [0.5, 0.6) is 0 Å². The fourth-order valence-corrected chi connectivity index (χ4v) is 3.05. The van der Waals surface area contributed by atoms with Gasteiger partial charge in [-0.15, -0.1) is 11.3 Å². The van der Waals surface area contributed by atoms with E-state index in [1.54, 1.807) is 35.2 Å². The van der Waals surface area contributed by atoms with E-state index in [0.717, 1.165) is 27.0 Å². The second-order valence-corrected chi connectivity index (χ2v) is 5.55. The monoisotopic (exact) mass is 295 g/mol. The Bertz CT molecular complexity index is 912. The molecule has 3 heterocycles. The summed E-state index contributed by atoms with van der Waals surface area (Å²) in [5.41, 5.74) is 4.95. The molecule has 0 aliphatic heterocycles. The van der Waals surface area contributed by atoms with E-state index in [-0.39, 0.29) is 5.82 Å². The van der Waals surface area contributed by atoms with E-state index in [2.05, 4.69) is 15.0 Å². The first kappa shape index (κ1) is 12.2. The molecule has 0 atom stereocenters. The molecule has 1 N–H and O–H groups in total. The first-order chi connectivity index (χ1) is 10.3. The summed E-state index contributed by atoms with van der Waals surface area (Å²) in [4.78, 5) is 12.7. The predicted molar refractivity (Wildman–Crippen MR) is 82.6 cm³/mol. The van der Waals surface area contributed by atoms with Crippen LogP contribution in [0.2, 0.25) is 0 Å². The maximum atomic E-state index is 13.9. The number of H-pyrrole nitrogens is 1. The molecule has 0 fully saturated rings. The number of aromatic nitrogens is 3. The van der Waals surface area contributed by atoms with Gasteiger partial charge in [-0.1, -0.05) is 18.2 Å². The molecule has 0 aliphatic carbocycles. The normalized spacial score (nSPS) is 11.1. The SMILES string of the molecule is Fc1ccccc1-c1cnc2[nH]cc(-c3cncs3)c2c1. The summed E-state index contributed by atoms with van der Waals surface area (Å²) in [6.07, 6.45) is 5.42. The third-order valence-corrected chi connectivity index (χ3v) is 4.22. The average Bonchev–Trinajstić information content (AvgIpc) is 3.16. The number of aromatic amines is 1. The fourth-order valence-electron chi connectivity index (χ4n) is 2.40. The van der Waals surface area contributed by atoms with Gasteiger partial charge in [-0.05, 0) is 12.1 Å². The number of nitrogens with one attached hydrogen (secondary N) is 1. The first-order valence-corrected chi connectivity index (χ1v) is 7.32. The molecule has 4 rings (SSSR count). The molecule has 4 aromatic rings. The molecule has 0 unspecified atom stereocenters. The van der Waals surface area contributed by atoms with Gasteiger partial charge in [0.2, 0.25) is 0 Å². The summed E-state index contributed by atoms with van der Waals surface area (Å²) in [6.45, 7) is 0. The van der Waals surface area contributed by atoms with E-state index in [0.29, 0.717) is 5.56 Å². The van der Waals surface area contributed by atoms with Crippen LogP contribution >= 0.6 is 11.3 Å². The highest BCUT2D eigenvalue weighted by Crippen LogP contribution is 2.33. The van der Waals surface area contributed by atoms with Crippen molar-refractivity contribution in [2.75, 3.05) is 0 Å². The van der Waals surface area contributed by atoms with Crippen LogP contribution in [0.15, 0.2) is 54.4 Å². The highest BCUT2D eigenvalue weighted by atomic mass is 32.1. The van der Waals surface area contributed by atoms with E-state index in [1.807, 2.05) is 24.5 Å². The van der Waals surface area contributed by atoms with Crippen molar-refractivity contribution in [3.63, 3.8) is 0 Å². The third-order valence-electron chi connectivity index (χ3n) is 3.41. The van der Waals surface area contributed by atoms with Crippen LogP contribution in [-0.4, -0.2) is 15.0 Å². The zero-order valence-electron chi connectivity index (χ0n) is 10.9. The minimum atomic E-state index is -0.242. The van der Waals surface area contributed by atoms with Crippen molar-refractivity contribution >= 4 is 22.4 Å². The summed E-state index contributed by atoms with van der Waals surface area (Å²) in [7, 11) is 0. The van der Waals surface area contributed by atoms with Crippen LogP contribution in [0.1, 0.15) is 0 Å². The first-order valence-electron chi connectivity index (χ1n) is 6.44. The Labute approximate surface area is 124 Å². The zero-order valence-corrected chi connectivity index (χ0v) is 11.7. The number of hydrogen-bond donors (Lipinski definition) is 1. The quantitative estimate of drug-likeness (QED) is 0.592. The standard InChI is InChI=1S/C16H10FN3S/c17-14-4-2-1-3-11(14)10-5-12-13(15-8-18-9-21-15)7-20-16(12)19-6-10/h1-9H,(H,19,20). The highest BCUT2D eigenvalue weighted by Gasteiger charge is 2.11. The van der Waals surface area contributed by atoms with Crippen LogP contribution in [-0.2, 0) is 0 Å². The van der Waals surface area contributed by atoms with Crippen molar-refractivity contribution < 1.29 is 4.39 Å².